The van der Waals surface area contributed by atoms with Gasteiger partial charge in [0.2, 0.25) is 10.0 Å². The zero-order valence-electron chi connectivity index (χ0n) is 10.8. The molecule has 2 rings (SSSR count). The second-order valence-electron chi connectivity index (χ2n) is 5.01. The topological polar surface area (TPSA) is 90.2 Å². The minimum absolute atomic E-state index is 0.0748. The Balaban J connectivity index is 2.16. The minimum atomic E-state index is -3.86. The van der Waals surface area contributed by atoms with E-state index in [1.54, 1.807) is 6.07 Å². The van der Waals surface area contributed by atoms with Crippen LogP contribution < -0.4 is 4.72 Å². The summed E-state index contributed by atoms with van der Waals surface area (Å²) in [5.41, 5.74) is -1.34. The van der Waals surface area contributed by atoms with Gasteiger partial charge < -0.3 is 5.11 Å². The van der Waals surface area contributed by atoms with Crippen LogP contribution in [-0.2, 0) is 10.0 Å². The number of sulfonamides is 1. The first-order valence-corrected chi connectivity index (χ1v) is 7.76. The number of hydrogen-bond acceptors (Lipinski definition) is 4. The van der Waals surface area contributed by atoms with Crippen molar-refractivity contribution in [2.24, 2.45) is 0 Å². The smallest absolute Gasteiger partial charge is 0.240 e. The minimum Gasteiger partial charge on any atom is -0.389 e. The van der Waals surface area contributed by atoms with Crippen molar-refractivity contribution in [3.8, 4) is 6.07 Å². The number of rotatable bonds is 4. The van der Waals surface area contributed by atoms with Crippen LogP contribution in [0.3, 0.4) is 0 Å². The Morgan fingerprint density at radius 1 is 1.40 bits per heavy atom. The zero-order chi connectivity index (χ0) is 14.8. The van der Waals surface area contributed by atoms with Crippen molar-refractivity contribution in [2.75, 3.05) is 6.54 Å². The van der Waals surface area contributed by atoms with Crippen LogP contribution in [0.25, 0.3) is 0 Å². The summed E-state index contributed by atoms with van der Waals surface area (Å²) in [6.45, 7) is -0.0748. The number of aliphatic hydroxyl groups is 1. The van der Waals surface area contributed by atoms with Gasteiger partial charge in [0.1, 0.15) is 11.9 Å². The van der Waals surface area contributed by atoms with E-state index in [0.717, 1.165) is 31.0 Å². The third-order valence-electron chi connectivity index (χ3n) is 3.49. The molecular formula is C13H15FN2O3S. The van der Waals surface area contributed by atoms with Gasteiger partial charge in [0, 0.05) is 6.54 Å². The molecule has 2 N–H and O–H groups in total. The Bertz CT molecular complexity index is 646. The van der Waals surface area contributed by atoms with Crippen LogP contribution in [0.15, 0.2) is 23.1 Å². The molecule has 1 aromatic rings. The van der Waals surface area contributed by atoms with Gasteiger partial charge in [-0.15, -0.1) is 0 Å². The van der Waals surface area contributed by atoms with E-state index in [2.05, 4.69) is 4.72 Å². The predicted octanol–water partition coefficient (Wildman–Crippen LogP) is 1.28. The van der Waals surface area contributed by atoms with Gasteiger partial charge in [0.25, 0.3) is 0 Å². The Kier molecular flexibility index (Phi) is 4.09. The Morgan fingerprint density at radius 2 is 2.05 bits per heavy atom. The second-order valence-corrected chi connectivity index (χ2v) is 6.78. The SMILES string of the molecule is N#Cc1cc(S(=O)(=O)NCC2(O)CCCC2)ccc1F. The highest BCUT2D eigenvalue weighted by Gasteiger charge is 2.32. The molecule has 5 nitrogen and oxygen atoms in total. The van der Waals surface area contributed by atoms with E-state index in [4.69, 9.17) is 5.26 Å². The summed E-state index contributed by atoms with van der Waals surface area (Å²) in [5, 5.41) is 18.8. The lowest BCUT2D eigenvalue weighted by Gasteiger charge is -2.22. The van der Waals surface area contributed by atoms with Gasteiger partial charge in [-0.2, -0.15) is 5.26 Å². The van der Waals surface area contributed by atoms with Gasteiger partial charge in [-0.3, -0.25) is 0 Å². The van der Waals surface area contributed by atoms with Gasteiger partial charge in [-0.05, 0) is 31.0 Å². The molecule has 1 fully saturated rings. The van der Waals surface area contributed by atoms with E-state index in [9.17, 15) is 17.9 Å². The maximum absolute atomic E-state index is 13.2. The van der Waals surface area contributed by atoms with Crippen LogP contribution in [0.1, 0.15) is 31.2 Å². The highest BCUT2D eigenvalue weighted by molar-refractivity contribution is 7.89. The highest BCUT2D eigenvalue weighted by Crippen LogP contribution is 2.29. The van der Waals surface area contributed by atoms with E-state index in [1.807, 2.05) is 0 Å². The predicted molar refractivity (Wildman–Crippen MR) is 69.7 cm³/mol. The molecule has 0 bridgehead atoms. The molecule has 0 atom stereocenters. The zero-order valence-corrected chi connectivity index (χ0v) is 11.6. The van der Waals surface area contributed by atoms with Crippen molar-refractivity contribution >= 4 is 10.0 Å². The quantitative estimate of drug-likeness (QED) is 0.876. The van der Waals surface area contributed by atoms with E-state index in [0.29, 0.717) is 12.8 Å². The molecule has 108 valence electrons. The molecule has 1 aliphatic rings. The molecule has 0 spiro atoms. The third-order valence-corrected chi connectivity index (χ3v) is 4.89. The first-order valence-electron chi connectivity index (χ1n) is 6.28. The summed E-state index contributed by atoms with van der Waals surface area (Å²) in [6, 6.07) is 4.61. The molecule has 1 saturated carbocycles. The number of nitriles is 1. The molecule has 0 aromatic heterocycles. The average molecular weight is 298 g/mol. The van der Waals surface area contributed by atoms with Gasteiger partial charge >= 0.3 is 0 Å². The maximum Gasteiger partial charge on any atom is 0.240 e. The van der Waals surface area contributed by atoms with Crippen molar-refractivity contribution < 1.29 is 17.9 Å². The number of nitrogens with one attached hydrogen (secondary N) is 1. The summed E-state index contributed by atoms with van der Waals surface area (Å²) in [7, 11) is -3.86. The highest BCUT2D eigenvalue weighted by atomic mass is 32.2. The number of hydrogen-bond donors (Lipinski definition) is 2. The van der Waals surface area contributed by atoms with Crippen molar-refractivity contribution in [1.82, 2.24) is 4.72 Å². The van der Waals surface area contributed by atoms with Crippen LogP contribution >= 0.6 is 0 Å². The lowest BCUT2D eigenvalue weighted by Crippen LogP contribution is -2.40. The molecule has 7 heteroatoms. The molecule has 20 heavy (non-hydrogen) atoms. The van der Waals surface area contributed by atoms with E-state index in [1.165, 1.54) is 0 Å². The first-order chi connectivity index (χ1) is 9.36. The van der Waals surface area contributed by atoms with Gasteiger partial charge in [-0.1, -0.05) is 12.8 Å². The Morgan fingerprint density at radius 3 is 2.65 bits per heavy atom. The van der Waals surface area contributed by atoms with E-state index < -0.39 is 21.4 Å². The summed E-state index contributed by atoms with van der Waals surface area (Å²) in [6.07, 6.45) is 2.85. The third kappa shape index (κ3) is 3.15. The molecule has 0 amide bonds. The van der Waals surface area contributed by atoms with Crippen molar-refractivity contribution in [3.05, 3.63) is 29.6 Å². The van der Waals surface area contributed by atoms with Gasteiger partial charge in [0.15, 0.2) is 0 Å². The van der Waals surface area contributed by atoms with Crippen molar-refractivity contribution in [2.45, 2.75) is 36.2 Å². The van der Waals surface area contributed by atoms with Crippen LogP contribution in [0.5, 0.6) is 0 Å². The van der Waals surface area contributed by atoms with Crippen LogP contribution in [0, 0.1) is 17.1 Å². The van der Waals surface area contributed by atoms with Crippen LogP contribution in [0.2, 0.25) is 0 Å². The van der Waals surface area contributed by atoms with E-state index in [-0.39, 0.29) is 17.0 Å². The molecular weight excluding hydrogens is 283 g/mol. The summed E-state index contributed by atoms with van der Waals surface area (Å²) in [4.78, 5) is -0.183. The number of halogens is 1. The fraction of sp³-hybridized carbons (Fsp3) is 0.462. The van der Waals surface area contributed by atoms with Crippen molar-refractivity contribution in [1.29, 1.82) is 5.26 Å². The molecule has 0 radical (unpaired) electrons. The largest absolute Gasteiger partial charge is 0.389 e. The molecule has 0 aliphatic heterocycles. The average Bonchev–Trinajstić information content (AvgIpc) is 2.85. The van der Waals surface area contributed by atoms with Gasteiger partial charge in [-0.25, -0.2) is 17.5 Å². The Hall–Kier alpha value is -1.49. The summed E-state index contributed by atoms with van der Waals surface area (Å²) < 4.78 is 39.6. The fourth-order valence-corrected chi connectivity index (χ4v) is 3.43. The van der Waals surface area contributed by atoms with Crippen LogP contribution in [0.4, 0.5) is 4.39 Å². The maximum atomic E-state index is 13.2. The number of benzene rings is 1. The lowest BCUT2D eigenvalue weighted by molar-refractivity contribution is 0.0532. The standard InChI is InChI=1S/C13H15FN2O3S/c14-12-4-3-11(7-10(12)8-15)20(18,19)16-9-13(17)5-1-2-6-13/h3-4,7,16-17H,1-2,5-6,9H2. The summed E-state index contributed by atoms with van der Waals surface area (Å²) >= 11 is 0. The molecule has 1 aromatic carbocycles. The summed E-state index contributed by atoms with van der Waals surface area (Å²) in [5.74, 6) is -0.763. The first kappa shape index (κ1) is 14.9. The molecule has 0 heterocycles. The van der Waals surface area contributed by atoms with Crippen LogP contribution in [-0.4, -0.2) is 25.7 Å². The van der Waals surface area contributed by atoms with Gasteiger partial charge in [0.05, 0.1) is 16.1 Å². The second kappa shape index (κ2) is 5.48. The normalized spacial score (nSPS) is 17.9. The molecule has 1 aliphatic carbocycles. The van der Waals surface area contributed by atoms with Crippen molar-refractivity contribution in [3.63, 3.8) is 0 Å². The Labute approximate surface area is 117 Å². The number of nitrogens with zero attached hydrogens (tertiary/aromatic N) is 1. The van der Waals surface area contributed by atoms with E-state index >= 15 is 0 Å². The lowest BCUT2D eigenvalue weighted by atomic mass is 10.0. The molecule has 0 saturated heterocycles. The molecule has 0 unspecified atom stereocenters. The monoisotopic (exact) mass is 298 g/mol. The fourth-order valence-electron chi connectivity index (χ4n) is 2.28.